The molecular formula is C49H95NO5. The molecule has 0 saturated carbocycles. The molecule has 0 rings (SSSR count). The summed E-state index contributed by atoms with van der Waals surface area (Å²) in [5.74, 6) is -0.119. The molecule has 2 atom stereocenters. The maximum atomic E-state index is 12.4. The molecule has 0 aliphatic rings. The van der Waals surface area contributed by atoms with Crippen molar-refractivity contribution in [3.05, 3.63) is 12.2 Å². The summed E-state index contributed by atoms with van der Waals surface area (Å²) in [6.07, 6.45) is 50.6. The third-order valence-corrected chi connectivity index (χ3v) is 11.3. The van der Waals surface area contributed by atoms with Crippen LogP contribution in [0, 0.1) is 0 Å². The highest BCUT2D eigenvalue weighted by Gasteiger charge is 2.18. The van der Waals surface area contributed by atoms with E-state index in [-0.39, 0.29) is 18.5 Å². The summed E-state index contributed by atoms with van der Waals surface area (Å²) >= 11 is 0. The fourth-order valence-electron chi connectivity index (χ4n) is 7.51. The van der Waals surface area contributed by atoms with Crippen LogP contribution in [0.1, 0.15) is 264 Å². The van der Waals surface area contributed by atoms with Crippen molar-refractivity contribution >= 4 is 11.9 Å². The topological polar surface area (TPSA) is 95.9 Å². The number of amides is 1. The van der Waals surface area contributed by atoms with Crippen molar-refractivity contribution in [2.45, 2.75) is 276 Å². The minimum Gasteiger partial charge on any atom is -0.466 e. The monoisotopic (exact) mass is 778 g/mol. The molecule has 0 aromatic carbocycles. The predicted octanol–water partition coefficient (Wildman–Crippen LogP) is 14.2. The molecule has 6 nitrogen and oxygen atoms in total. The van der Waals surface area contributed by atoms with Crippen LogP contribution in [-0.2, 0) is 14.3 Å². The largest absolute Gasteiger partial charge is 0.466 e. The van der Waals surface area contributed by atoms with E-state index in [0.29, 0.717) is 19.4 Å². The van der Waals surface area contributed by atoms with Gasteiger partial charge in [-0.1, -0.05) is 231 Å². The normalized spacial score (nSPS) is 12.7. The maximum Gasteiger partial charge on any atom is 0.305 e. The van der Waals surface area contributed by atoms with Gasteiger partial charge in [0.15, 0.2) is 0 Å². The molecule has 0 radical (unpaired) electrons. The van der Waals surface area contributed by atoms with E-state index in [1.807, 2.05) is 6.08 Å². The Kier molecular flexibility index (Phi) is 44.2. The van der Waals surface area contributed by atoms with Crippen LogP contribution < -0.4 is 5.32 Å². The van der Waals surface area contributed by atoms with Crippen molar-refractivity contribution in [2.24, 2.45) is 0 Å². The van der Waals surface area contributed by atoms with Crippen molar-refractivity contribution in [3.63, 3.8) is 0 Å². The lowest BCUT2D eigenvalue weighted by Crippen LogP contribution is -2.45. The zero-order valence-corrected chi connectivity index (χ0v) is 36.9. The summed E-state index contributed by atoms with van der Waals surface area (Å²) in [6.45, 7) is 4.83. The van der Waals surface area contributed by atoms with Gasteiger partial charge in [-0.3, -0.25) is 9.59 Å². The molecule has 6 heteroatoms. The number of aliphatic hydroxyl groups is 2. The Labute approximate surface area is 342 Å². The van der Waals surface area contributed by atoms with Crippen LogP contribution in [-0.4, -0.2) is 47.4 Å². The van der Waals surface area contributed by atoms with Crippen molar-refractivity contribution in [2.75, 3.05) is 13.2 Å². The third-order valence-electron chi connectivity index (χ3n) is 11.3. The summed E-state index contributed by atoms with van der Waals surface area (Å²) in [7, 11) is 0. The molecule has 3 N–H and O–H groups in total. The van der Waals surface area contributed by atoms with Crippen LogP contribution >= 0.6 is 0 Å². The van der Waals surface area contributed by atoms with Gasteiger partial charge < -0.3 is 20.3 Å². The molecule has 0 aliphatic heterocycles. The molecule has 0 fully saturated rings. The first-order chi connectivity index (χ1) is 27.0. The zero-order chi connectivity index (χ0) is 40.1. The van der Waals surface area contributed by atoms with Crippen LogP contribution in [0.15, 0.2) is 12.2 Å². The Hall–Kier alpha value is -1.40. The lowest BCUT2D eigenvalue weighted by molar-refractivity contribution is -0.143. The Morgan fingerprint density at radius 1 is 0.491 bits per heavy atom. The van der Waals surface area contributed by atoms with E-state index in [0.717, 1.165) is 57.8 Å². The second-order valence-corrected chi connectivity index (χ2v) is 16.8. The number of aliphatic hydroxyl groups excluding tert-OH is 2. The predicted molar refractivity (Wildman–Crippen MR) is 237 cm³/mol. The van der Waals surface area contributed by atoms with Gasteiger partial charge in [0, 0.05) is 12.8 Å². The minimum atomic E-state index is -0.859. The quantitative estimate of drug-likeness (QED) is 0.0325. The summed E-state index contributed by atoms with van der Waals surface area (Å²) < 4.78 is 5.45. The van der Waals surface area contributed by atoms with E-state index in [1.165, 1.54) is 180 Å². The second kappa shape index (κ2) is 45.3. The molecular weight excluding hydrogens is 683 g/mol. The lowest BCUT2D eigenvalue weighted by atomic mass is 10.0. The number of carbonyl (C=O) groups is 2. The fraction of sp³-hybridized carbons (Fsp3) is 0.918. The molecule has 326 valence electrons. The van der Waals surface area contributed by atoms with Gasteiger partial charge in [-0.25, -0.2) is 0 Å². The molecule has 0 aliphatic carbocycles. The minimum absolute atomic E-state index is 0.0237. The van der Waals surface area contributed by atoms with E-state index in [9.17, 15) is 19.8 Å². The molecule has 0 heterocycles. The van der Waals surface area contributed by atoms with E-state index in [2.05, 4.69) is 19.2 Å². The van der Waals surface area contributed by atoms with Gasteiger partial charge in [-0.2, -0.15) is 0 Å². The van der Waals surface area contributed by atoms with Gasteiger partial charge in [0.1, 0.15) is 0 Å². The number of unbranched alkanes of at least 4 members (excludes halogenated alkanes) is 34. The molecule has 0 aromatic rings. The average molecular weight is 778 g/mol. The number of hydrogen-bond acceptors (Lipinski definition) is 5. The van der Waals surface area contributed by atoms with Gasteiger partial charge in [0.05, 0.1) is 25.4 Å². The van der Waals surface area contributed by atoms with E-state index in [1.54, 1.807) is 6.08 Å². The van der Waals surface area contributed by atoms with Crippen LogP contribution in [0.25, 0.3) is 0 Å². The van der Waals surface area contributed by atoms with Crippen molar-refractivity contribution < 1.29 is 24.5 Å². The van der Waals surface area contributed by atoms with Crippen LogP contribution in [0.5, 0.6) is 0 Å². The van der Waals surface area contributed by atoms with Gasteiger partial charge in [0.25, 0.3) is 0 Å². The Morgan fingerprint density at radius 2 is 0.836 bits per heavy atom. The highest BCUT2D eigenvalue weighted by molar-refractivity contribution is 5.76. The summed E-state index contributed by atoms with van der Waals surface area (Å²) in [5, 5.41) is 22.9. The summed E-state index contributed by atoms with van der Waals surface area (Å²) in [6, 6.07) is -0.645. The van der Waals surface area contributed by atoms with Gasteiger partial charge in [-0.05, 0) is 32.1 Å². The molecule has 0 saturated heterocycles. The van der Waals surface area contributed by atoms with Crippen molar-refractivity contribution in [3.8, 4) is 0 Å². The molecule has 55 heavy (non-hydrogen) atoms. The second-order valence-electron chi connectivity index (χ2n) is 16.8. The number of allylic oxidation sites excluding steroid dienone is 1. The molecule has 1 amide bonds. The first-order valence-electron chi connectivity index (χ1n) is 24.5. The van der Waals surface area contributed by atoms with E-state index >= 15 is 0 Å². The number of ether oxygens (including phenoxy) is 1. The van der Waals surface area contributed by atoms with Crippen LogP contribution in [0.2, 0.25) is 0 Å². The molecule has 0 bridgehead atoms. The Morgan fingerprint density at radius 3 is 1.24 bits per heavy atom. The van der Waals surface area contributed by atoms with Gasteiger partial charge >= 0.3 is 5.97 Å². The van der Waals surface area contributed by atoms with Crippen LogP contribution in [0.3, 0.4) is 0 Å². The molecule has 0 spiro atoms. The smallest absolute Gasteiger partial charge is 0.305 e. The van der Waals surface area contributed by atoms with Crippen molar-refractivity contribution in [1.82, 2.24) is 5.32 Å². The molecule has 2 unspecified atom stereocenters. The highest BCUT2D eigenvalue weighted by atomic mass is 16.5. The van der Waals surface area contributed by atoms with Crippen molar-refractivity contribution in [1.29, 1.82) is 0 Å². The summed E-state index contributed by atoms with van der Waals surface area (Å²) in [5.41, 5.74) is 0. The Balaban J connectivity index is 3.48. The standard InChI is InChI=1S/C49H95NO5/c1-3-5-7-9-11-13-15-17-18-19-20-21-23-27-31-35-39-43-49(54)55-44-40-36-32-28-24-26-30-34-38-42-48(53)50-46(45-51)47(52)41-37-33-29-25-22-16-14-12-10-8-6-4-2/h37,41,46-47,51-52H,3-36,38-40,42-45H2,1-2H3,(H,50,53)/b41-37+. The van der Waals surface area contributed by atoms with Gasteiger partial charge in [0.2, 0.25) is 5.91 Å². The lowest BCUT2D eigenvalue weighted by Gasteiger charge is -2.20. The van der Waals surface area contributed by atoms with E-state index in [4.69, 9.17) is 4.74 Å². The maximum absolute atomic E-state index is 12.4. The zero-order valence-electron chi connectivity index (χ0n) is 36.9. The first-order valence-corrected chi connectivity index (χ1v) is 24.5. The van der Waals surface area contributed by atoms with Crippen LogP contribution in [0.4, 0.5) is 0 Å². The number of carbonyl (C=O) groups excluding carboxylic acids is 2. The average Bonchev–Trinajstić information content (AvgIpc) is 3.18. The highest BCUT2D eigenvalue weighted by Crippen LogP contribution is 2.16. The number of nitrogens with one attached hydrogen (secondary N) is 1. The summed E-state index contributed by atoms with van der Waals surface area (Å²) in [4.78, 5) is 24.4. The number of rotatable bonds is 45. The van der Waals surface area contributed by atoms with Gasteiger partial charge in [-0.15, -0.1) is 0 Å². The first kappa shape index (κ1) is 53.6. The fourth-order valence-corrected chi connectivity index (χ4v) is 7.51. The third kappa shape index (κ3) is 42.0. The van der Waals surface area contributed by atoms with E-state index < -0.39 is 12.1 Å². The number of hydrogen-bond donors (Lipinski definition) is 3. The molecule has 0 aromatic heterocycles. The SMILES string of the molecule is CCCCCCCCCCCC/C=C/C(O)C(CO)NC(=O)CCCCCCCCCCCOC(=O)CCCCCCCCCCCCCCCCCCC. The number of esters is 1. The Bertz CT molecular complexity index is 817.